The van der Waals surface area contributed by atoms with Crippen LogP contribution in [0.25, 0.3) is 10.8 Å². The van der Waals surface area contributed by atoms with Crippen LogP contribution in [-0.4, -0.2) is 11.0 Å². The zero-order valence-corrected chi connectivity index (χ0v) is 10.8. The van der Waals surface area contributed by atoms with Gasteiger partial charge in [-0.05, 0) is 23.6 Å². The van der Waals surface area contributed by atoms with Gasteiger partial charge in [0, 0.05) is 11.6 Å². The largest absolute Gasteiger partial charge is 0.456 e. The molecule has 0 aliphatic rings. The van der Waals surface area contributed by atoms with Crippen molar-refractivity contribution in [1.82, 2.24) is 4.98 Å². The van der Waals surface area contributed by atoms with Crippen molar-refractivity contribution in [2.75, 3.05) is 0 Å². The van der Waals surface area contributed by atoms with Gasteiger partial charge in [0.1, 0.15) is 6.61 Å². The van der Waals surface area contributed by atoms with E-state index in [1.807, 2.05) is 48.5 Å². The first-order valence-corrected chi connectivity index (χ1v) is 6.39. The zero-order valence-electron chi connectivity index (χ0n) is 10.8. The smallest absolute Gasteiger partial charge is 0.338 e. The second-order valence-corrected chi connectivity index (χ2v) is 4.42. The van der Waals surface area contributed by atoms with Crippen LogP contribution in [0.1, 0.15) is 16.1 Å². The first kappa shape index (κ1) is 12.4. The van der Waals surface area contributed by atoms with E-state index in [4.69, 9.17) is 4.74 Å². The molecule has 0 fully saturated rings. The van der Waals surface area contributed by atoms with Crippen molar-refractivity contribution in [1.29, 1.82) is 0 Å². The van der Waals surface area contributed by atoms with Gasteiger partial charge in [-0.2, -0.15) is 0 Å². The van der Waals surface area contributed by atoms with Crippen LogP contribution in [0.2, 0.25) is 0 Å². The van der Waals surface area contributed by atoms with Crippen LogP contribution in [0, 0.1) is 0 Å². The summed E-state index contributed by atoms with van der Waals surface area (Å²) in [5.41, 5.74) is 1.32. The Morgan fingerprint density at radius 2 is 1.70 bits per heavy atom. The Bertz CT molecular complexity index is 733. The molecule has 0 unspecified atom stereocenters. The second kappa shape index (κ2) is 5.53. The molecule has 0 spiro atoms. The molecule has 3 heteroatoms. The monoisotopic (exact) mass is 263 g/mol. The van der Waals surface area contributed by atoms with Crippen molar-refractivity contribution in [3.05, 3.63) is 78.1 Å². The topological polar surface area (TPSA) is 39.2 Å². The molecule has 2 aromatic carbocycles. The summed E-state index contributed by atoms with van der Waals surface area (Å²) in [5, 5.41) is 2.10. The Labute approximate surface area is 116 Å². The molecule has 0 amide bonds. The van der Waals surface area contributed by atoms with Crippen molar-refractivity contribution >= 4 is 16.7 Å². The van der Waals surface area contributed by atoms with Gasteiger partial charge < -0.3 is 4.74 Å². The lowest BCUT2D eigenvalue weighted by Gasteiger charge is -2.07. The maximum Gasteiger partial charge on any atom is 0.338 e. The number of hydrogen-bond donors (Lipinski definition) is 0. The van der Waals surface area contributed by atoms with Gasteiger partial charge in [0.2, 0.25) is 0 Å². The zero-order chi connectivity index (χ0) is 13.8. The molecule has 0 bridgehead atoms. The van der Waals surface area contributed by atoms with Crippen molar-refractivity contribution < 1.29 is 9.53 Å². The summed E-state index contributed by atoms with van der Waals surface area (Å²) in [6.45, 7) is 0.176. The van der Waals surface area contributed by atoms with E-state index in [9.17, 15) is 4.79 Å². The number of hydrogen-bond acceptors (Lipinski definition) is 3. The van der Waals surface area contributed by atoms with E-state index in [0.717, 1.165) is 16.5 Å². The van der Waals surface area contributed by atoms with E-state index in [1.165, 1.54) is 0 Å². The van der Waals surface area contributed by atoms with Crippen molar-refractivity contribution in [2.45, 2.75) is 6.61 Å². The quantitative estimate of drug-likeness (QED) is 0.678. The van der Waals surface area contributed by atoms with E-state index in [0.29, 0.717) is 5.56 Å². The van der Waals surface area contributed by atoms with Crippen molar-refractivity contribution in [3.63, 3.8) is 0 Å². The molecule has 1 heterocycles. The molecular formula is C17H13NO2. The third-order valence-electron chi connectivity index (χ3n) is 3.11. The van der Waals surface area contributed by atoms with Crippen LogP contribution < -0.4 is 0 Å². The molecule has 0 N–H and O–H groups in total. The number of ether oxygens (including phenoxy) is 1. The van der Waals surface area contributed by atoms with Crippen molar-refractivity contribution in [2.24, 2.45) is 0 Å². The Hall–Kier alpha value is -2.68. The SMILES string of the molecule is O=C(OCc1nccc2ccccc12)c1ccccc1. The van der Waals surface area contributed by atoms with E-state index < -0.39 is 0 Å². The summed E-state index contributed by atoms with van der Waals surface area (Å²) < 4.78 is 5.32. The molecule has 98 valence electrons. The van der Waals surface area contributed by atoms with Gasteiger partial charge in [-0.15, -0.1) is 0 Å². The highest BCUT2D eigenvalue weighted by atomic mass is 16.5. The fourth-order valence-electron chi connectivity index (χ4n) is 2.09. The highest BCUT2D eigenvalue weighted by Crippen LogP contribution is 2.17. The summed E-state index contributed by atoms with van der Waals surface area (Å²) in [4.78, 5) is 16.2. The van der Waals surface area contributed by atoms with Crippen LogP contribution >= 0.6 is 0 Å². The molecular weight excluding hydrogens is 250 g/mol. The average molecular weight is 263 g/mol. The highest BCUT2D eigenvalue weighted by molar-refractivity contribution is 5.89. The summed E-state index contributed by atoms with van der Waals surface area (Å²) in [5.74, 6) is -0.333. The molecule has 0 aliphatic heterocycles. The maximum absolute atomic E-state index is 11.9. The third kappa shape index (κ3) is 2.52. The molecule has 3 rings (SSSR count). The Balaban J connectivity index is 1.79. The lowest BCUT2D eigenvalue weighted by molar-refractivity contribution is 0.0469. The molecule has 0 atom stereocenters. The number of pyridine rings is 1. The third-order valence-corrected chi connectivity index (χ3v) is 3.11. The van der Waals surface area contributed by atoms with Gasteiger partial charge >= 0.3 is 5.97 Å². The van der Waals surface area contributed by atoms with E-state index in [1.54, 1.807) is 18.3 Å². The summed E-state index contributed by atoms with van der Waals surface area (Å²) in [6.07, 6.45) is 1.73. The number of carbonyl (C=O) groups is 1. The van der Waals surface area contributed by atoms with Crippen LogP contribution in [0.3, 0.4) is 0 Å². The first-order chi connectivity index (χ1) is 9.84. The van der Waals surface area contributed by atoms with E-state index in [-0.39, 0.29) is 12.6 Å². The second-order valence-electron chi connectivity index (χ2n) is 4.42. The van der Waals surface area contributed by atoms with Gasteiger partial charge in [0.05, 0.1) is 11.3 Å². The van der Waals surface area contributed by atoms with Crippen LogP contribution in [0.15, 0.2) is 66.9 Å². The van der Waals surface area contributed by atoms with Gasteiger partial charge in [-0.25, -0.2) is 4.79 Å². The minimum atomic E-state index is -0.333. The molecule has 20 heavy (non-hydrogen) atoms. The molecule has 3 nitrogen and oxygen atoms in total. The maximum atomic E-state index is 11.9. The van der Waals surface area contributed by atoms with Gasteiger partial charge in [0.25, 0.3) is 0 Å². The molecule has 0 aliphatic carbocycles. The molecule has 0 saturated carbocycles. The standard InChI is InChI=1S/C17H13NO2/c19-17(14-7-2-1-3-8-14)20-12-16-15-9-5-4-6-13(15)10-11-18-16/h1-11H,12H2. The summed E-state index contributed by atoms with van der Waals surface area (Å²) in [7, 11) is 0. The number of benzene rings is 2. The minimum Gasteiger partial charge on any atom is -0.456 e. The fraction of sp³-hybridized carbons (Fsp3) is 0.0588. The number of aromatic nitrogens is 1. The normalized spacial score (nSPS) is 10.4. The predicted molar refractivity (Wildman–Crippen MR) is 77.3 cm³/mol. The van der Waals surface area contributed by atoms with Crippen LogP contribution in [0.4, 0.5) is 0 Å². The van der Waals surface area contributed by atoms with E-state index in [2.05, 4.69) is 4.98 Å². The minimum absolute atomic E-state index is 0.176. The number of fused-ring (bicyclic) bond motifs is 1. The fourth-order valence-corrected chi connectivity index (χ4v) is 2.09. The highest BCUT2D eigenvalue weighted by Gasteiger charge is 2.08. The number of esters is 1. The average Bonchev–Trinajstić information content (AvgIpc) is 2.53. The van der Waals surface area contributed by atoms with Gasteiger partial charge in [0.15, 0.2) is 0 Å². The van der Waals surface area contributed by atoms with E-state index >= 15 is 0 Å². The molecule has 0 saturated heterocycles. The van der Waals surface area contributed by atoms with Gasteiger partial charge in [-0.1, -0.05) is 42.5 Å². The lowest BCUT2D eigenvalue weighted by Crippen LogP contribution is -2.06. The molecule has 0 radical (unpaired) electrons. The van der Waals surface area contributed by atoms with Crippen molar-refractivity contribution in [3.8, 4) is 0 Å². The van der Waals surface area contributed by atoms with Crippen LogP contribution in [-0.2, 0) is 11.3 Å². The van der Waals surface area contributed by atoms with Crippen LogP contribution in [0.5, 0.6) is 0 Å². The summed E-state index contributed by atoms with van der Waals surface area (Å²) in [6, 6.07) is 18.8. The Kier molecular flexibility index (Phi) is 3.42. The first-order valence-electron chi connectivity index (χ1n) is 6.39. The Morgan fingerprint density at radius 3 is 2.55 bits per heavy atom. The molecule has 3 aromatic rings. The number of carbonyl (C=O) groups excluding carboxylic acids is 1. The summed E-state index contributed by atoms with van der Waals surface area (Å²) >= 11 is 0. The number of nitrogens with zero attached hydrogens (tertiary/aromatic N) is 1. The number of rotatable bonds is 3. The van der Waals surface area contributed by atoms with Gasteiger partial charge in [-0.3, -0.25) is 4.98 Å². The molecule has 1 aromatic heterocycles. The predicted octanol–water partition coefficient (Wildman–Crippen LogP) is 3.59. The lowest BCUT2D eigenvalue weighted by atomic mass is 10.1. The Morgan fingerprint density at radius 1 is 0.950 bits per heavy atom.